The Kier molecular flexibility index (Phi) is 8.02. The molecule has 4 N–H and O–H groups in total. The molecule has 0 unspecified atom stereocenters. The second-order valence-corrected chi connectivity index (χ2v) is 9.44. The minimum absolute atomic E-state index is 0.0240. The highest BCUT2D eigenvalue weighted by atomic mass is 16.5. The van der Waals surface area contributed by atoms with Gasteiger partial charge >= 0.3 is 0 Å². The van der Waals surface area contributed by atoms with Gasteiger partial charge in [-0.1, -0.05) is 25.5 Å². The Morgan fingerprint density at radius 2 is 1.84 bits per heavy atom. The van der Waals surface area contributed by atoms with E-state index >= 15 is 0 Å². The van der Waals surface area contributed by atoms with Crippen LogP contribution in [0.4, 0.5) is 11.8 Å². The lowest BCUT2D eigenvalue weighted by Crippen LogP contribution is -2.34. The van der Waals surface area contributed by atoms with Crippen molar-refractivity contribution in [2.24, 2.45) is 0 Å². The van der Waals surface area contributed by atoms with Crippen LogP contribution in [0.2, 0.25) is 0 Å². The third-order valence-electron chi connectivity index (χ3n) is 6.79. The monoisotopic (exact) mass is 505 g/mol. The summed E-state index contributed by atoms with van der Waals surface area (Å²) in [7, 11) is 0. The van der Waals surface area contributed by atoms with Crippen LogP contribution in [0.25, 0.3) is 22.1 Å². The van der Waals surface area contributed by atoms with E-state index in [-0.39, 0.29) is 12.6 Å². The highest BCUT2D eigenvalue weighted by Crippen LogP contribution is 2.25. The molecule has 196 valence electrons. The zero-order chi connectivity index (χ0) is 25.6. The second-order valence-electron chi connectivity index (χ2n) is 9.44. The summed E-state index contributed by atoms with van der Waals surface area (Å²) in [5.41, 5.74) is 11.3. The Balaban J connectivity index is 1.43. The van der Waals surface area contributed by atoms with Crippen molar-refractivity contribution < 1.29 is 9.84 Å². The van der Waals surface area contributed by atoms with Crippen molar-refractivity contribution in [3.8, 4) is 0 Å². The lowest BCUT2D eigenvalue weighted by Gasteiger charge is -2.23. The van der Waals surface area contributed by atoms with Crippen molar-refractivity contribution in [3.63, 3.8) is 0 Å². The predicted octanol–water partition coefficient (Wildman–Crippen LogP) is 2.27. The van der Waals surface area contributed by atoms with E-state index in [1.807, 2.05) is 15.8 Å². The molecule has 4 heterocycles. The van der Waals surface area contributed by atoms with E-state index in [0.717, 1.165) is 74.1 Å². The van der Waals surface area contributed by atoms with Gasteiger partial charge in [-0.05, 0) is 24.8 Å². The Hall–Kier alpha value is -3.41. The number of nitrogens with zero attached hydrogens (tertiary/aromatic N) is 7. The topological polar surface area (TPSA) is 140 Å². The van der Waals surface area contributed by atoms with Crippen molar-refractivity contribution in [3.05, 3.63) is 41.9 Å². The van der Waals surface area contributed by atoms with Crippen molar-refractivity contribution in [1.29, 1.82) is 0 Å². The van der Waals surface area contributed by atoms with Crippen LogP contribution in [0.5, 0.6) is 0 Å². The van der Waals surface area contributed by atoms with E-state index in [1.165, 1.54) is 0 Å². The number of rotatable bonds is 11. The normalized spacial score (nSPS) is 14.5. The highest BCUT2D eigenvalue weighted by Gasteiger charge is 2.18. The van der Waals surface area contributed by atoms with Gasteiger partial charge in [-0.15, -0.1) is 0 Å². The molecular weight excluding hydrogens is 470 g/mol. The summed E-state index contributed by atoms with van der Waals surface area (Å²) in [4.78, 5) is 20.3. The third kappa shape index (κ3) is 5.79. The molecule has 0 amide bonds. The Morgan fingerprint density at radius 3 is 2.59 bits per heavy atom. The summed E-state index contributed by atoms with van der Waals surface area (Å²) < 4.78 is 7.32. The van der Waals surface area contributed by atoms with E-state index < -0.39 is 0 Å². The predicted molar refractivity (Wildman–Crippen MR) is 143 cm³/mol. The first-order chi connectivity index (χ1) is 18.2. The van der Waals surface area contributed by atoms with E-state index in [2.05, 4.69) is 44.3 Å². The third-order valence-corrected chi connectivity index (χ3v) is 6.79. The number of nitrogens with two attached hydrogens (primary N) is 1. The molecule has 3 aromatic heterocycles. The molecule has 0 bridgehead atoms. The summed E-state index contributed by atoms with van der Waals surface area (Å²) in [6, 6.07) is 4.69. The van der Waals surface area contributed by atoms with Crippen molar-refractivity contribution in [1.82, 2.24) is 35.0 Å². The van der Waals surface area contributed by atoms with Crippen LogP contribution in [0.15, 0.2) is 30.7 Å². The van der Waals surface area contributed by atoms with Crippen LogP contribution in [0, 0.1) is 0 Å². The number of nitrogens with one attached hydrogen (secondary N) is 1. The van der Waals surface area contributed by atoms with Gasteiger partial charge in [-0.2, -0.15) is 10.1 Å². The molecule has 1 aromatic carbocycles. The molecule has 0 aliphatic carbocycles. The maximum Gasteiger partial charge on any atom is 0.222 e. The molecular formula is C26H35N9O2. The van der Waals surface area contributed by atoms with E-state index in [1.54, 1.807) is 12.4 Å². The van der Waals surface area contributed by atoms with E-state index in [4.69, 9.17) is 15.6 Å². The summed E-state index contributed by atoms with van der Waals surface area (Å²) in [5, 5.41) is 18.1. The molecule has 5 rings (SSSR count). The first kappa shape index (κ1) is 25.2. The number of fused-ring (bicyclic) bond motifs is 2. The fourth-order valence-corrected chi connectivity index (χ4v) is 4.82. The van der Waals surface area contributed by atoms with Crippen LogP contribution < -0.4 is 16.0 Å². The molecule has 1 saturated heterocycles. The first-order valence-corrected chi connectivity index (χ1v) is 13.1. The van der Waals surface area contributed by atoms with Gasteiger partial charge in [0, 0.05) is 56.8 Å². The molecule has 0 spiro atoms. The Labute approximate surface area is 216 Å². The van der Waals surface area contributed by atoms with E-state index in [9.17, 15) is 5.11 Å². The molecule has 4 aromatic rings. The lowest BCUT2D eigenvalue weighted by molar-refractivity contribution is 0.0776. The molecule has 1 aliphatic heterocycles. The van der Waals surface area contributed by atoms with Gasteiger partial charge in [0.25, 0.3) is 0 Å². The van der Waals surface area contributed by atoms with Gasteiger partial charge < -0.3 is 25.8 Å². The van der Waals surface area contributed by atoms with Crippen molar-refractivity contribution in [2.45, 2.75) is 51.7 Å². The quantitative estimate of drug-likeness (QED) is 0.278. The number of nitrogen functional groups attached to an aromatic ring is 1. The van der Waals surface area contributed by atoms with Gasteiger partial charge in [-0.3, -0.25) is 14.6 Å². The minimum Gasteiger partial charge on any atom is -0.395 e. The zero-order valence-corrected chi connectivity index (χ0v) is 21.3. The zero-order valence-electron chi connectivity index (χ0n) is 21.3. The van der Waals surface area contributed by atoms with Crippen LogP contribution in [0.1, 0.15) is 43.7 Å². The number of hydrogen-bond donors (Lipinski definition) is 3. The highest BCUT2D eigenvalue weighted by molar-refractivity contribution is 5.86. The first-order valence-electron chi connectivity index (χ1n) is 13.1. The molecule has 1 aliphatic rings. The number of aromatic nitrogens is 6. The Bertz CT molecular complexity index is 1340. The number of benzene rings is 1. The Morgan fingerprint density at radius 1 is 1.08 bits per heavy atom. The maximum atomic E-state index is 9.61. The minimum atomic E-state index is 0.0240. The fraction of sp³-hybridized carbons (Fsp3) is 0.500. The molecule has 11 nitrogen and oxygen atoms in total. The smallest absolute Gasteiger partial charge is 0.222 e. The standard InChI is InChI=1S/C26H35N9O2/c1-2-3-10-34(11-12-36)25-24-21(31-26(27)32-25)17-35(33-24)16-19-5-4-18(22-23(19)29-9-8-28-22)15-30-20-6-13-37-14-7-20/h4-5,8-9,17,20,30,36H,2-3,6-7,10-16H2,1H3,(H2,27,31). The second kappa shape index (κ2) is 11.8. The number of aliphatic hydroxyl groups excluding tert-OH is 1. The van der Waals surface area contributed by atoms with Gasteiger partial charge in [0.05, 0.1) is 30.4 Å². The molecule has 11 heteroatoms. The van der Waals surface area contributed by atoms with Crippen LogP contribution in [-0.2, 0) is 17.8 Å². The molecule has 0 atom stereocenters. The number of anilines is 2. The summed E-state index contributed by atoms with van der Waals surface area (Å²) in [6.45, 7) is 6.25. The number of hydrogen-bond acceptors (Lipinski definition) is 10. The van der Waals surface area contributed by atoms with Gasteiger partial charge in [0.15, 0.2) is 11.3 Å². The number of aliphatic hydroxyl groups is 1. The lowest BCUT2D eigenvalue weighted by atomic mass is 10.1. The van der Waals surface area contributed by atoms with Gasteiger partial charge in [0.2, 0.25) is 5.95 Å². The van der Waals surface area contributed by atoms with Crippen molar-refractivity contribution in [2.75, 3.05) is 43.5 Å². The summed E-state index contributed by atoms with van der Waals surface area (Å²) in [5.74, 6) is 0.849. The molecule has 1 fully saturated rings. The van der Waals surface area contributed by atoms with Crippen LogP contribution >= 0.6 is 0 Å². The number of unbranched alkanes of at least 4 members (excludes halogenated alkanes) is 1. The largest absolute Gasteiger partial charge is 0.395 e. The van der Waals surface area contributed by atoms with Crippen molar-refractivity contribution >= 4 is 33.8 Å². The average Bonchev–Trinajstić information content (AvgIpc) is 3.33. The van der Waals surface area contributed by atoms with E-state index in [0.29, 0.717) is 36.0 Å². The average molecular weight is 506 g/mol. The number of ether oxygens (including phenoxy) is 1. The molecule has 0 radical (unpaired) electrons. The molecule has 37 heavy (non-hydrogen) atoms. The SMILES string of the molecule is CCCCN(CCO)c1nc(N)nc2cn(Cc3ccc(CNC4CCOCC4)c4nccnc34)nc12. The fourth-order valence-electron chi connectivity index (χ4n) is 4.82. The van der Waals surface area contributed by atoms with Crippen LogP contribution in [0.3, 0.4) is 0 Å². The summed E-state index contributed by atoms with van der Waals surface area (Å²) in [6.07, 6.45) is 9.42. The molecule has 0 saturated carbocycles. The van der Waals surface area contributed by atoms with Gasteiger partial charge in [-0.25, -0.2) is 4.98 Å². The van der Waals surface area contributed by atoms with Crippen LogP contribution in [-0.4, -0.2) is 73.8 Å². The van der Waals surface area contributed by atoms with Gasteiger partial charge in [0.1, 0.15) is 5.52 Å². The maximum absolute atomic E-state index is 9.61. The summed E-state index contributed by atoms with van der Waals surface area (Å²) >= 11 is 0.